The third kappa shape index (κ3) is 5.39. The summed E-state index contributed by atoms with van der Waals surface area (Å²) in [6.07, 6.45) is 0. The van der Waals surface area contributed by atoms with Crippen LogP contribution in [0.4, 0.5) is 4.39 Å². The van der Waals surface area contributed by atoms with Gasteiger partial charge in [-0.3, -0.25) is 4.79 Å². The van der Waals surface area contributed by atoms with Gasteiger partial charge in [0.25, 0.3) is 0 Å². The highest BCUT2D eigenvalue weighted by atomic mass is 32.2. The molecule has 2 rings (SSSR count). The molecule has 1 N–H and O–H groups in total. The number of halogens is 1. The van der Waals surface area contributed by atoms with Crippen LogP contribution in [0.15, 0.2) is 42.5 Å². The van der Waals surface area contributed by atoms with Crippen LogP contribution in [0.25, 0.3) is 0 Å². The van der Waals surface area contributed by atoms with E-state index in [1.54, 1.807) is 12.1 Å². The number of hydrogen-bond donors (Lipinski definition) is 1. The molecule has 2 aromatic carbocycles. The Hall–Kier alpha value is -1.81. The molecule has 0 aliphatic rings. The smallest absolute Gasteiger partial charge is 0.230 e. The maximum Gasteiger partial charge on any atom is 0.230 e. The van der Waals surface area contributed by atoms with E-state index < -0.39 is 0 Å². The fourth-order valence-corrected chi connectivity index (χ4v) is 3.31. The van der Waals surface area contributed by atoms with Crippen LogP contribution in [-0.4, -0.2) is 11.7 Å². The summed E-state index contributed by atoms with van der Waals surface area (Å²) in [5.41, 5.74) is 4.58. The van der Waals surface area contributed by atoms with Crippen molar-refractivity contribution in [2.75, 3.05) is 5.75 Å². The number of aryl methyl sites for hydroxylation is 2. The fourth-order valence-electron chi connectivity index (χ4n) is 2.51. The number of rotatable bonds is 6. The van der Waals surface area contributed by atoms with Crippen LogP contribution in [-0.2, 0) is 10.5 Å². The lowest BCUT2D eigenvalue weighted by Crippen LogP contribution is -2.28. The van der Waals surface area contributed by atoms with Gasteiger partial charge in [-0.1, -0.05) is 35.9 Å². The van der Waals surface area contributed by atoms with Crippen molar-refractivity contribution in [3.63, 3.8) is 0 Å². The highest BCUT2D eigenvalue weighted by Crippen LogP contribution is 2.19. The summed E-state index contributed by atoms with van der Waals surface area (Å²) in [4.78, 5) is 12.1. The molecule has 0 bridgehead atoms. The summed E-state index contributed by atoms with van der Waals surface area (Å²) >= 11 is 1.53. The molecule has 1 atom stereocenters. The highest BCUT2D eigenvalue weighted by molar-refractivity contribution is 7.99. The summed E-state index contributed by atoms with van der Waals surface area (Å²) in [7, 11) is 0. The number of thioether (sulfide) groups is 1. The van der Waals surface area contributed by atoms with E-state index in [1.165, 1.54) is 35.0 Å². The molecule has 2 nitrogen and oxygen atoms in total. The van der Waals surface area contributed by atoms with Crippen molar-refractivity contribution in [2.24, 2.45) is 0 Å². The Bertz CT molecular complexity index is 670. The Morgan fingerprint density at radius 2 is 1.87 bits per heavy atom. The number of benzene rings is 2. The van der Waals surface area contributed by atoms with Gasteiger partial charge in [-0.2, -0.15) is 0 Å². The number of nitrogens with one attached hydrogen (secondary N) is 1. The van der Waals surface area contributed by atoms with Gasteiger partial charge in [0.15, 0.2) is 0 Å². The first kappa shape index (κ1) is 17.5. The summed E-state index contributed by atoms with van der Waals surface area (Å²) in [6, 6.07) is 12.6. The predicted octanol–water partition coefficient (Wildman–Crippen LogP) is 4.55. The predicted molar refractivity (Wildman–Crippen MR) is 95.0 cm³/mol. The van der Waals surface area contributed by atoms with Crippen LogP contribution < -0.4 is 5.32 Å². The first-order chi connectivity index (χ1) is 11.0. The second kappa shape index (κ2) is 8.16. The Morgan fingerprint density at radius 3 is 2.52 bits per heavy atom. The minimum Gasteiger partial charge on any atom is -0.349 e. The summed E-state index contributed by atoms with van der Waals surface area (Å²) in [6.45, 7) is 6.13. The topological polar surface area (TPSA) is 29.1 Å². The van der Waals surface area contributed by atoms with Gasteiger partial charge in [-0.25, -0.2) is 4.39 Å². The van der Waals surface area contributed by atoms with E-state index in [1.807, 2.05) is 6.92 Å². The molecular formula is C19H22FNOS. The molecule has 0 aliphatic carbocycles. The zero-order valence-corrected chi connectivity index (χ0v) is 14.5. The van der Waals surface area contributed by atoms with E-state index in [2.05, 4.69) is 37.4 Å². The van der Waals surface area contributed by atoms with E-state index in [0.29, 0.717) is 11.5 Å². The number of hydrogen-bond acceptors (Lipinski definition) is 2. The van der Waals surface area contributed by atoms with Crippen LogP contribution in [0.2, 0.25) is 0 Å². The maximum atomic E-state index is 12.8. The lowest BCUT2D eigenvalue weighted by Gasteiger charge is -2.17. The van der Waals surface area contributed by atoms with E-state index in [4.69, 9.17) is 0 Å². The molecule has 0 aliphatic heterocycles. The molecule has 0 saturated heterocycles. The minimum atomic E-state index is -0.237. The van der Waals surface area contributed by atoms with Crippen LogP contribution >= 0.6 is 11.8 Å². The maximum absolute atomic E-state index is 12.8. The lowest BCUT2D eigenvalue weighted by atomic mass is 10.0. The average Bonchev–Trinajstić information content (AvgIpc) is 2.49. The molecule has 0 radical (unpaired) electrons. The van der Waals surface area contributed by atoms with Gasteiger partial charge in [0, 0.05) is 5.75 Å². The Balaban J connectivity index is 1.81. The second-order valence-corrected chi connectivity index (χ2v) is 6.75. The summed E-state index contributed by atoms with van der Waals surface area (Å²) in [5.74, 6) is 0.876. The molecule has 23 heavy (non-hydrogen) atoms. The van der Waals surface area contributed by atoms with Crippen LogP contribution in [0.3, 0.4) is 0 Å². The van der Waals surface area contributed by atoms with Crippen LogP contribution in [0, 0.1) is 19.7 Å². The van der Waals surface area contributed by atoms with E-state index in [9.17, 15) is 9.18 Å². The fraction of sp³-hybridized carbons (Fsp3) is 0.316. The highest BCUT2D eigenvalue weighted by Gasteiger charge is 2.11. The monoisotopic (exact) mass is 331 g/mol. The normalized spacial score (nSPS) is 12.0. The third-order valence-electron chi connectivity index (χ3n) is 3.68. The van der Waals surface area contributed by atoms with Crippen molar-refractivity contribution >= 4 is 17.7 Å². The SMILES string of the molecule is Cc1ccc(C(C)NC(=O)CSCc2ccc(F)cc2)c(C)c1. The van der Waals surface area contributed by atoms with Gasteiger partial charge in [0.2, 0.25) is 5.91 Å². The van der Waals surface area contributed by atoms with Crippen molar-refractivity contribution in [2.45, 2.75) is 32.6 Å². The quantitative estimate of drug-likeness (QED) is 0.841. The Labute approximate surface area is 141 Å². The van der Waals surface area contributed by atoms with Gasteiger partial charge >= 0.3 is 0 Å². The van der Waals surface area contributed by atoms with Gasteiger partial charge in [-0.05, 0) is 49.6 Å². The average molecular weight is 331 g/mol. The number of amides is 1. The van der Waals surface area contributed by atoms with E-state index in [0.717, 1.165) is 11.1 Å². The van der Waals surface area contributed by atoms with E-state index >= 15 is 0 Å². The zero-order valence-electron chi connectivity index (χ0n) is 13.7. The van der Waals surface area contributed by atoms with Gasteiger partial charge in [-0.15, -0.1) is 11.8 Å². The molecule has 0 spiro atoms. The van der Waals surface area contributed by atoms with Crippen molar-refractivity contribution in [3.8, 4) is 0 Å². The Morgan fingerprint density at radius 1 is 1.17 bits per heavy atom. The molecule has 2 aromatic rings. The first-order valence-corrected chi connectivity index (χ1v) is 8.80. The zero-order chi connectivity index (χ0) is 16.8. The van der Waals surface area contributed by atoms with Crippen molar-refractivity contribution < 1.29 is 9.18 Å². The summed E-state index contributed by atoms with van der Waals surface area (Å²) in [5, 5.41) is 3.03. The van der Waals surface area contributed by atoms with Crippen molar-refractivity contribution in [1.82, 2.24) is 5.32 Å². The Kier molecular flexibility index (Phi) is 6.22. The molecule has 4 heteroatoms. The first-order valence-electron chi connectivity index (χ1n) is 7.64. The third-order valence-corrected chi connectivity index (χ3v) is 4.69. The lowest BCUT2D eigenvalue weighted by molar-refractivity contribution is -0.119. The second-order valence-electron chi connectivity index (χ2n) is 5.77. The molecule has 1 amide bonds. The summed E-state index contributed by atoms with van der Waals surface area (Å²) < 4.78 is 12.8. The number of carbonyl (C=O) groups excluding carboxylic acids is 1. The van der Waals surface area contributed by atoms with E-state index in [-0.39, 0.29) is 17.8 Å². The molecule has 0 saturated carbocycles. The van der Waals surface area contributed by atoms with Crippen LogP contribution in [0.1, 0.15) is 35.2 Å². The standard InChI is InChI=1S/C19H22FNOS/c1-13-4-9-18(14(2)10-13)15(3)21-19(22)12-23-11-16-5-7-17(20)8-6-16/h4-10,15H,11-12H2,1-3H3,(H,21,22). The largest absolute Gasteiger partial charge is 0.349 e. The van der Waals surface area contributed by atoms with Crippen molar-refractivity contribution in [1.29, 1.82) is 0 Å². The molecule has 0 heterocycles. The van der Waals surface area contributed by atoms with Gasteiger partial charge in [0.1, 0.15) is 5.82 Å². The molecule has 122 valence electrons. The molecule has 1 unspecified atom stereocenters. The van der Waals surface area contributed by atoms with Gasteiger partial charge in [0.05, 0.1) is 11.8 Å². The van der Waals surface area contributed by atoms with Gasteiger partial charge < -0.3 is 5.32 Å². The molecule has 0 fully saturated rings. The van der Waals surface area contributed by atoms with Crippen LogP contribution in [0.5, 0.6) is 0 Å². The molecular weight excluding hydrogens is 309 g/mol. The minimum absolute atomic E-state index is 0.00507. The number of carbonyl (C=O) groups is 1. The van der Waals surface area contributed by atoms with Crippen molar-refractivity contribution in [3.05, 3.63) is 70.5 Å². The molecule has 0 aromatic heterocycles.